The van der Waals surface area contributed by atoms with Crippen molar-refractivity contribution in [2.75, 3.05) is 39.5 Å². The van der Waals surface area contributed by atoms with Gasteiger partial charge in [0, 0.05) is 24.6 Å². The molecule has 5 heteroatoms. The smallest absolute Gasteiger partial charge is 0.197 e. The number of hydrogen-bond donors (Lipinski definition) is 0. The zero-order valence-electron chi connectivity index (χ0n) is 14.9. The fourth-order valence-electron chi connectivity index (χ4n) is 4.47. The second kappa shape index (κ2) is 8.83. The van der Waals surface area contributed by atoms with Crippen molar-refractivity contribution in [2.45, 2.75) is 43.9 Å². The number of halogens is 1. The highest BCUT2D eigenvalue weighted by Crippen LogP contribution is 2.45. The Kier molecular flexibility index (Phi) is 6.75. The van der Waals surface area contributed by atoms with Gasteiger partial charge in [-0.25, -0.2) is 0 Å². The maximum atomic E-state index is 6.55. The van der Waals surface area contributed by atoms with E-state index in [9.17, 15) is 0 Å². The maximum Gasteiger partial charge on any atom is 0.197 e. The molecule has 1 aromatic carbocycles. The van der Waals surface area contributed by atoms with Gasteiger partial charge >= 0.3 is 0 Å². The van der Waals surface area contributed by atoms with E-state index in [-0.39, 0.29) is 12.4 Å². The lowest BCUT2D eigenvalue weighted by atomic mass is 9.79. The number of ether oxygens (including phenoxy) is 3. The molecule has 1 aromatic rings. The van der Waals surface area contributed by atoms with E-state index in [2.05, 4.69) is 35.2 Å². The van der Waals surface area contributed by atoms with Crippen molar-refractivity contribution in [1.82, 2.24) is 4.90 Å². The highest BCUT2D eigenvalue weighted by molar-refractivity contribution is 5.85. The number of morpholine rings is 1. The van der Waals surface area contributed by atoms with E-state index < -0.39 is 5.79 Å². The zero-order valence-corrected chi connectivity index (χ0v) is 15.7. The largest absolute Gasteiger partial charge is 0.379 e. The highest BCUT2D eigenvalue weighted by Gasteiger charge is 2.47. The quantitative estimate of drug-likeness (QED) is 0.816. The lowest BCUT2D eigenvalue weighted by Crippen LogP contribution is -2.56. The third-order valence-corrected chi connectivity index (χ3v) is 5.86. The average molecular weight is 368 g/mol. The van der Waals surface area contributed by atoms with Crippen molar-refractivity contribution < 1.29 is 14.2 Å². The molecular weight excluding hydrogens is 338 g/mol. The van der Waals surface area contributed by atoms with E-state index >= 15 is 0 Å². The Morgan fingerprint density at radius 3 is 2.16 bits per heavy atom. The lowest BCUT2D eigenvalue weighted by molar-refractivity contribution is -0.323. The lowest BCUT2D eigenvalue weighted by Gasteiger charge is -2.48. The number of nitrogens with zero attached hydrogens (tertiary/aromatic N) is 1. The van der Waals surface area contributed by atoms with Crippen LogP contribution in [-0.2, 0) is 20.0 Å². The second-order valence-corrected chi connectivity index (χ2v) is 7.29. The molecule has 25 heavy (non-hydrogen) atoms. The van der Waals surface area contributed by atoms with E-state index in [1.54, 1.807) is 0 Å². The van der Waals surface area contributed by atoms with Crippen LogP contribution in [0.1, 0.15) is 37.7 Å². The molecule has 3 aliphatic rings. The van der Waals surface area contributed by atoms with Crippen molar-refractivity contribution in [3.05, 3.63) is 35.9 Å². The number of benzene rings is 1. The molecule has 0 atom stereocenters. The van der Waals surface area contributed by atoms with Gasteiger partial charge in [-0.1, -0.05) is 49.6 Å². The van der Waals surface area contributed by atoms with Gasteiger partial charge in [0.25, 0.3) is 0 Å². The van der Waals surface area contributed by atoms with Crippen LogP contribution in [0.4, 0.5) is 0 Å². The monoisotopic (exact) mass is 367 g/mol. The van der Waals surface area contributed by atoms with Crippen LogP contribution >= 0.6 is 12.4 Å². The van der Waals surface area contributed by atoms with Crippen LogP contribution in [-0.4, -0.2) is 50.5 Å². The van der Waals surface area contributed by atoms with Crippen molar-refractivity contribution in [3.63, 3.8) is 0 Å². The molecule has 140 valence electrons. The van der Waals surface area contributed by atoms with Gasteiger partial charge in [-0.2, -0.15) is 0 Å². The molecule has 4 rings (SSSR count). The van der Waals surface area contributed by atoms with Crippen molar-refractivity contribution >= 4 is 12.4 Å². The van der Waals surface area contributed by atoms with E-state index in [1.807, 2.05) is 0 Å². The molecule has 4 nitrogen and oxygen atoms in total. The van der Waals surface area contributed by atoms with Gasteiger partial charge in [0.2, 0.25) is 0 Å². The van der Waals surface area contributed by atoms with Crippen LogP contribution in [0.5, 0.6) is 0 Å². The first-order chi connectivity index (χ1) is 11.9. The Hall–Kier alpha value is -0.650. The molecule has 3 fully saturated rings. The van der Waals surface area contributed by atoms with Crippen LogP contribution in [0.2, 0.25) is 0 Å². The minimum Gasteiger partial charge on any atom is -0.379 e. The fourth-order valence-corrected chi connectivity index (χ4v) is 4.47. The molecule has 1 aliphatic carbocycles. The molecule has 0 N–H and O–H groups in total. The van der Waals surface area contributed by atoms with Gasteiger partial charge in [-0.15, -0.1) is 12.4 Å². The molecular formula is C20H30ClNO3. The van der Waals surface area contributed by atoms with Gasteiger partial charge in [0.05, 0.1) is 32.5 Å². The normalized spacial score (nSPS) is 32.1. The highest BCUT2D eigenvalue weighted by atomic mass is 35.5. The minimum atomic E-state index is -0.537. The molecule has 0 unspecified atom stereocenters. The number of hydrogen-bond acceptors (Lipinski definition) is 4. The van der Waals surface area contributed by atoms with Gasteiger partial charge in [-0.05, 0) is 12.8 Å². The van der Waals surface area contributed by atoms with Crippen molar-refractivity contribution in [2.24, 2.45) is 5.92 Å². The maximum absolute atomic E-state index is 6.55. The predicted molar refractivity (Wildman–Crippen MR) is 100 cm³/mol. The molecule has 0 amide bonds. The molecule has 2 saturated heterocycles. The van der Waals surface area contributed by atoms with E-state index in [1.165, 1.54) is 37.7 Å². The Balaban J connectivity index is 0.00000182. The van der Waals surface area contributed by atoms with Gasteiger partial charge < -0.3 is 14.2 Å². The second-order valence-electron chi connectivity index (χ2n) is 7.29. The minimum absolute atomic E-state index is 0. The summed E-state index contributed by atoms with van der Waals surface area (Å²) in [6.45, 7) is 5.13. The molecule has 2 aliphatic heterocycles. The van der Waals surface area contributed by atoms with Crippen LogP contribution in [0.25, 0.3) is 0 Å². The molecule has 0 bridgehead atoms. The van der Waals surface area contributed by atoms with Gasteiger partial charge in [0.1, 0.15) is 0 Å². The van der Waals surface area contributed by atoms with Crippen LogP contribution in [0.3, 0.4) is 0 Å². The van der Waals surface area contributed by atoms with Crippen molar-refractivity contribution in [3.8, 4) is 0 Å². The zero-order chi connectivity index (χ0) is 16.2. The van der Waals surface area contributed by atoms with Gasteiger partial charge in [-0.3, -0.25) is 4.90 Å². The van der Waals surface area contributed by atoms with E-state index in [0.29, 0.717) is 12.0 Å². The predicted octanol–water partition coefficient (Wildman–Crippen LogP) is 3.59. The number of rotatable bonds is 3. The van der Waals surface area contributed by atoms with E-state index in [4.69, 9.17) is 14.2 Å². The summed E-state index contributed by atoms with van der Waals surface area (Å²) < 4.78 is 18.6. The summed E-state index contributed by atoms with van der Waals surface area (Å²) in [5.41, 5.74) is 1.19. The summed E-state index contributed by atoms with van der Waals surface area (Å²) in [5.74, 6) is -0.0657. The SMILES string of the molecule is Cl.c1ccc(C2(C3CCCCC3)OCC(N3CCOCC3)CO2)cc1. The summed E-state index contributed by atoms with van der Waals surface area (Å²) in [6.07, 6.45) is 6.34. The molecule has 0 radical (unpaired) electrons. The molecule has 0 aromatic heterocycles. The first-order valence-corrected chi connectivity index (χ1v) is 9.54. The summed E-state index contributed by atoms with van der Waals surface area (Å²) >= 11 is 0. The fraction of sp³-hybridized carbons (Fsp3) is 0.700. The Morgan fingerprint density at radius 2 is 1.52 bits per heavy atom. The molecule has 1 saturated carbocycles. The molecule has 2 heterocycles. The van der Waals surface area contributed by atoms with E-state index in [0.717, 1.165) is 39.5 Å². The van der Waals surface area contributed by atoms with Crippen LogP contribution in [0, 0.1) is 5.92 Å². The Labute approximate surface area is 157 Å². The standard InChI is InChI=1S/C20H29NO3.ClH/c1-3-7-17(8-4-1)20(18-9-5-2-6-10-18)23-15-19(16-24-20)21-11-13-22-14-12-21;/h1,3-4,7-8,18-19H,2,5-6,9-16H2;1H. The topological polar surface area (TPSA) is 30.9 Å². The first-order valence-electron chi connectivity index (χ1n) is 9.54. The van der Waals surface area contributed by atoms with Crippen LogP contribution in [0.15, 0.2) is 30.3 Å². The van der Waals surface area contributed by atoms with Gasteiger partial charge in [0.15, 0.2) is 5.79 Å². The Bertz CT molecular complexity index is 507. The third kappa shape index (κ3) is 4.04. The Morgan fingerprint density at radius 1 is 0.880 bits per heavy atom. The summed E-state index contributed by atoms with van der Waals surface area (Å²) in [6, 6.07) is 11.0. The average Bonchev–Trinajstić information content (AvgIpc) is 2.70. The summed E-state index contributed by atoms with van der Waals surface area (Å²) in [5, 5.41) is 0. The first kappa shape index (κ1) is 19.1. The van der Waals surface area contributed by atoms with Crippen LogP contribution < -0.4 is 0 Å². The summed E-state index contributed by atoms with van der Waals surface area (Å²) in [7, 11) is 0. The molecule has 0 spiro atoms. The summed E-state index contributed by atoms with van der Waals surface area (Å²) in [4.78, 5) is 2.46. The van der Waals surface area contributed by atoms with Crippen molar-refractivity contribution in [1.29, 1.82) is 0 Å². The third-order valence-electron chi connectivity index (χ3n) is 5.86.